The Kier molecular flexibility index (Phi) is 6.04. The molecule has 9 heteroatoms. The van der Waals surface area contributed by atoms with Crippen molar-refractivity contribution in [3.63, 3.8) is 0 Å². The Morgan fingerprint density at radius 3 is 2.39 bits per heavy atom. The summed E-state index contributed by atoms with van der Waals surface area (Å²) in [5.74, 6) is 1.42. The van der Waals surface area contributed by atoms with Crippen LogP contribution >= 0.6 is 0 Å². The van der Waals surface area contributed by atoms with Gasteiger partial charge in [0, 0.05) is 0 Å². The molecule has 0 radical (unpaired) electrons. The molecule has 0 aliphatic carbocycles. The van der Waals surface area contributed by atoms with Crippen LogP contribution in [0, 0.1) is 13.8 Å². The molecular weight excluding hydrogens is 514 g/mol. The van der Waals surface area contributed by atoms with Gasteiger partial charge >= 0.3 is 0 Å². The fraction of sp³-hybridized carbons (Fsp3) is 0.156. The Labute approximate surface area is 236 Å². The molecule has 0 fully saturated rings. The van der Waals surface area contributed by atoms with Gasteiger partial charge in [-0.2, -0.15) is 5.10 Å². The number of ether oxygens (including phenoxy) is 1. The first-order valence-corrected chi connectivity index (χ1v) is 13.4. The van der Waals surface area contributed by atoms with Gasteiger partial charge < -0.3 is 9.57 Å². The van der Waals surface area contributed by atoms with Crippen LogP contribution in [-0.2, 0) is 11.4 Å². The third-order valence-electron chi connectivity index (χ3n) is 7.26. The van der Waals surface area contributed by atoms with E-state index >= 15 is 0 Å². The smallest absolute Gasteiger partial charge is 0.230 e. The third kappa shape index (κ3) is 4.41. The number of fused-ring (bicyclic) bond motifs is 4. The van der Waals surface area contributed by atoms with Gasteiger partial charge in [0.2, 0.25) is 11.8 Å². The van der Waals surface area contributed by atoms with Gasteiger partial charge in [-0.1, -0.05) is 83.5 Å². The summed E-state index contributed by atoms with van der Waals surface area (Å²) in [7, 11) is 0. The van der Waals surface area contributed by atoms with Crippen LogP contribution in [0.1, 0.15) is 52.2 Å². The second-order valence-corrected chi connectivity index (χ2v) is 10.1. The summed E-state index contributed by atoms with van der Waals surface area (Å²) in [6.45, 7) is 6.10. The average Bonchev–Trinajstić information content (AvgIpc) is 3.57. The molecule has 9 nitrogen and oxygen atoms in total. The van der Waals surface area contributed by atoms with E-state index in [4.69, 9.17) is 19.7 Å². The lowest BCUT2D eigenvalue weighted by Gasteiger charge is -2.26. The van der Waals surface area contributed by atoms with Gasteiger partial charge in [0.15, 0.2) is 18.1 Å². The number of oxime groups is 1. The minimum Gasteiger partial charge on any atom is -0.420 e. The molecular formula is C32H27N7O2. The zero-order valence-corrected chi connectivity index (χ0v) is 22.9. The second kappa shape index (κ2) is 10.0. The number of aryl methyl sites for hydroxylation is 2. The van der Waals surface area contributed by atoms with E-state index in [1.807, 2.05) is 79.2 Å². The summed E-state index contributed by atoms with van der Waals surface area (Å²) >= 11 is 0. The lowest BCUT2D eigenvalue weighted by Crippen LogP contribution is -2.16. The van der Waals surface area contributed by atoms with E-state index in [9.17, 15) is 0 Å². The predicted molar refractivity (Wildman–Crippen MR) is 155 cm³/mol. The molecule has 1 unspecified atom stereocenters. The van der Waals surface area contributed by atoms with E-state index < -0.39 is 0 Å². The predicted octanol–water partition coefficient (Wildman–Crippen LogP) is 6.15. The van der Waals surface area contributed by atoms with Crippen LogP contribution in [0.15, 0.2) is 96.4 Å². The zero-order chi connectivity index (χ0) is 27.9. The van der Waals surface area contributed by atoms with Crippen LogP contribution in [0.5, 0.6) is 11.8 Å². The maximum Gasteiger partial charge on any atom is 0.230 e. The average molecular weight is 542 g/mol. The fourth-order valence-corrected chi connectivity index (χ4v) is 5.24. The van der Waals surface area contributed by atoms with Gasteiger partial charge in [0.25, 0.3) is 0 Å². The summed E-state index contributed by atoms with van der Waals surface area (Å²) in [6.07, 6.45) is 1.62. The maximum atomic E-state index is 6.48. The Morgan fingerprint density at radius 1 is 0.902 bits per heavy atom. The minimum absolute atomic E-state index is 0.118. The summed E-state index contributed by atoms with van der Waals surface area (Å²) in [5, 5.41) is 13.8. The first-order chi connectivity index (χ1) is 20.1. The third-order valence-corrected chi connectivity index (χ3v) is 7.26. The Balaban J connectivity index is 1.29. The van der Waals surface area contributed by atoms with E-state index in [-0.39, 0.29) is 12.5 Å². The monoisotopic (exact) mass is 541 g/mol. The van der Waals surface area contributed by atoms with Crippen molar-refractivity contribution in [2.75, 3.05) is 0 Å². The van der Waals surface area contributed by atoms with Crippen LogP contribution in [0.3, 0.4) is 0 Å². The molecule has 7 rings (SSSR count). The van der Waals surface area contributed by atoms with E-state index in [1.165, 1.54) is 5.56 Å². The van der Waals surface area contributed by atoms with Crippen molar-refractivity contribution in [3.8, 4) is 17.4 Å². The van der Waals surface area contributed by atoms with Crippen LogP contribution in [0.25, 0.3) is 11.3 Å². The lowest BCUT2D eigenvalue weighted by molar-refractivity contribution is 0.125. The molecule has 0 spiro atoms. The number of aromatic nitrogens is 6. The van der Waals surface area contributed by atoms with Crippen molar-refractivity contribution in [1.29, 1.82) is 0 Å². The van der Waals surface area contributed by atoms with Gasteiger partial charge in [-0.05, 0) is 44.0 Å². The summed E-state index contributed by atoms with van der Waals surface area (Å²) in [4.78, 5) is 15.2. The summed E-state index contributed by atoms with van der Waals surface area (Å²) < 4.78 is 9.99. The molecule has 0 bridgehead atoms. The molecule has 4 heterocycles. The standard InChI is InChI=1S/C32H27N7O2/c1-20-14-16-23(17-15-20)21(2)37-40-18-26-34-30-29-28(24-10-6-4-7-11-24)27-22(3)35-39(25-12-8-5-9-13-25)32(27)41-31(29)33-19-38(30)36-26/h4-17,19,28H,18H2,1-3H3. The summed E-state index contributed by atoms with van der Waals surface area (Å²) in [6, 6.07) is 28.4. The Hall–Kier alpha value is -5.31. The van der Waals surface area contributed by atoms with Crippen molar-refractivity contribution >= 4 is 11.4 Å². The molecule has 3 aromatic heterocycles. The molecule has 1 aliphatic heterocycles. The molecule has 0 saturated heterocycles. The normalized spacial score (nSPS) is 14.4. The number of benzene rings is 3. The highest BCUT2D eigenvalue weighted by Crippen LogP contribution is 2.49. The zero-order valence-electron chi connectivity index (χ0n) is 22.9. The maximum absolute atomic E-state index is 6.48. The molecule has 3 aromatic carbocycles. The SMILES string of the molecule is CC(=NOCc1nc2c3c(ncn2n1)Oc1c(c(C)nn1-c1ccccc1)C3c1ccccc1)c1ccc(C)cc1. The van der Waals surface area contributed by atoms with Crippen molar-refractivity contribution in [1.82, 2.24) is 29.4 Å². The second-order valence-electron chi connectivity index (χ2n) is 10.1. The molecule has 1 aliphatic rings. The van der Waals surface area contributed by atoms with E-state index in [2.05, 4.69) is 46.4 Å². The molecule has 0 amide bonds. The molecule has 41 heavy (non-hydrogen) atoms. The molecule has 1 atom stereocenters. The van der Waals surface area contributed by atoms with Gasteiger partial charge in [-0.25, -0.2) is 19.2 Å². The number of hydrogen-bond acceptors (Lipinski definition) is 7. The van der Waals surface area contributed by atoms with Crippen molar-refractivity contribution in [3.05, 3.63) is 131 Å². The number of nitrogens with zero attached hydrogens (tertiary/aromatic N) is 7. The molecule has 0 saturated carbocycles. The fourth-order valence-electron chi connectivity index (χ4n) is 5.24. The van der Waals surface area contributed by atoms with Crippen molar-refractivity contribution in [2.24, 2.45) is 5.16 Å². The highest BCUT2D eigenvalue weighted by molar-refractivity contribution is 5.98. The van der Waals surface area contributed by atoms with Crippen molar-refractivity contribution in [2.45, 2.75) is 33.3 Å². The van der Waals surface area contributed by atoms with E-state index in [0.29, 0.717) is 23.2 Å². The van der Waals surface area contributed by atoms with Gasteiger partial charge in [0.1, 0.15) is 6.33 Å². The first kappa shape index (κ1) is 24.7. The lowest BCUT2D eigenvalue weighted by atomic mass is 9.84. The number of hydrogen-bond donors (Lipinski definition) is 0. The van der Waals surface area contributed by atoms with Crippen LogP contribution < -0.4 is 4.74 Å². The number of para-hydroxylation sites is 1. The molecule has 202 valence electrons. The van der Waals surface area contributed by atoms with E-state index in [1.54, 1.807) is 10.8 Å². The van der Waals surface area contributed by atoms with Crippen molar-refractivity contribution < 1.29 is 9.57 Å². The van der Waals surface area contributed by atoms with Crippen LogP contribution in [-0.4, -0.2) is 35.1 Å². The largest absolute Gasteiger partial charge is 0.420 e. The van der Waals surface area contributed by atoms with Crippen LogP contribution in [0.4, 0.5) is 0 Å². The first-order valence-electron chi connectivity index (χ1n) is 13.4. The topological polar surface area (TPSA) is 91.7 Å². The van der Waals surface area contributed by atoms with Gasteiger partial charge in [-0.15, -0.1) is 5.10 Å². The Morgan fingerprint density at radius 2 is 1.63 bits per heavy atom. The van der Waals surface area contributed by atoms with Gasteiger partial charge in [-0.3, -0.25) is 0 Å². The molecule has 0 N–H and O–H groups in total. The quantitative estimate of drug-likeness (QED) is 0.185. The number of rotatable bonds is 6. The van der Waals surface area contributed by atoms with E-state index in [0.717, 1.165) is 39.3 Å². The minimum atomic E-state index is -0.205. The summed E-state index contributed by atoms with van der Waals surface area (Å²) in [5.41, 5.74) is 8.31. The van der Waals surface area contributed by atoms with Gasteiger partial charge in [0.05, 0.1) is 34.1 Å². The highest BCUT2D eigenvalue weighted by atomic mass is 16.6. The van der Waals surface area contributed by atoms with Crippen LogP contribution in [0.2, 0.25) is 0 Å². The highest BCUT2D eigenvalue weighted by Gasteiger charge is 2.38. The molecule has 6 aromatic rings. The Bertz CT molecular complexity index is 1890.